The second kappa shape index (κ2) is 8.79. The first kappa shape index (κ1) is 21.3. The number of fused-ring (bicyclic) bond motifs is 1. The van der Waals surface area contributed by atoms with E-state index in [0.29, 0.717) is 12.2 Å². The molecular weight excluding hydrogens is 414 g/mol. The van der Waals surface area contributed by atoms with Gasteiger partial charge in [-0.05, 0) is 41.3 Å². The highest BCUT2D eigenvalue weighted by atomic mass is 16.3. The Kier molecular flexibility index (Phi) is 5.68. The SMILES string of the molecule is Cc1ccccc1-c1ccc([C@H]2[C@@H](CO)N3C(=O)CN(C(=O)Cc4ccccn4)C[C@@H]23)cc1. The number of hydrogen-bond donors (Lipinski definition) is 1. The second-order valence-electron chi connectivity index (χ2n) is 8.85. The van der Waals surface area contributed by atoms with Gasteiger partial charge in [-0.3, -0.25) is 14.6 Å². The van der Waals surface area contributed by atoms with Crippen molar-refractivity contribution >= 4 is 11.8 Å². The number of benzene rings is 2. The van der Waals surface area contributed by atoms with E-state index in [2.05, 4.69) is 48.3 Å². The number of aryl methyl sites for hydroxylation is 1. The summed E-state index contributed by atoms with van der Waals surface area (Å²) in [4.78, 5) is 33.4. The fourth-order valence-electron chi connectivity index (χ4n) is 5.24. The molecule has 6 heteroatoms. The number of aromatic nitrogens is 1. The van der Waals surface area contributed by atoms with Crippen LogP contribution in [0.15, 0.2) is 72.9 Å². The fourth-order valence-corrected chi connectivity index (χ4v) is 5.24. The lowest BCUT2D eigenvalue weighted by atomic mass is 9.73. The van der Waals surface area contributed by atoms with E-state index >= 15 is 0 Å². The van der Waals surface area contributed by atoms with Gasteiger partial charge in [-0.2, -0.15) is 0 Å². The minimum absolute atomic E-state index is 0.00433. The fraction of sp³-hybridized carbons (Fsp3) is 0.296. The molecule has 2 aromatic carbocycles. The summed E-state index contributed by atoms with van der Waals surface area (Å²) in [6.45, 7) is 2.53. The van der Waals surface area contributed by atoms with Crippen molar-refractivity contribution in [3.8, 4) is 11.1 Å². The highest BCUT2D eigenvalue weighted by Crippen LogP contribution is 2.43. The summed E-state index contributed by atoms with van der Waals surface area (Å²) >= 11 is 0. The van der Waals surface area contributed by atoms with E-state index in [9.17, 15) is 14.7 Å². The number of carbonyl (C=O) groups is 2. The Morgan fingerprint density at radius 2 is 1.82 bits per heavy atom. The number of pyridine rings is 1. The summed E-state index contributed by atoms with van der Waals surface area (Å²) in [5.74, 6) is -0.203. The van der Waals surface area contributed by atoms with Gasteiger partial charge in [0.05, 0.1) is 31.7 Å². The minimum Gasteiger partial charge on any atom is -0.394 e. The van der Waals surface area contributed by atoms with Gasteiger partial charge >= 0.3 is 0 Å². The van der Waals surface area contributed by atoms with Crippen LogP contribution in [0.2, 0.25) is 0 Å². The Bertz CT molecular complexity index is 1160. The molecular formula is C27H27N3O3. The maximum absolute atomic E-state index is 12.9. The van der Waals surface area contributed by atoms with Gasteiger partial charge in [0.25, 0.3) is 0 Å². The molecule has 2 saturated heterocycles. The third kappa shape index (κ3) is 3.91. The lowest BCUT2D eigenvalue weighted by Gasteiger charge is -2.58. The Balaban J connectivity index is 1.35. The lowest BCUT2D eigenvalue weighted by Crippen LogP contribution is -2.73. The monoisotopic (exact) mass is 441 g/mol. The van der Waals surface area contributed by atoms with Gasteiger partial charge in [0.2, 0.25) is 11.8 Å². The number of amides is 2. The quantitative estimate of drug-likeness (QED) is 0.661. The van der Waals surface area contributed by atoms with E-state index < -0.39 is 0 Å². The predicted molar refractivity (Wildman–Crippen MR) is 125 cm³/mol. The molecule has 3 heterocycles. The molecule has 0 unspecified atom stereocenters. The number of aliphatic hydroxyl groups excluding tert-OH is 1. The van der Waals surface area contributed by atoms with Crippen LogP contribution in [0.4, 0.5) is 0 Å². The molecule has 1 aromatic heterocycles. The first-order valence-electron chi connectivity index (χ1n) is 11.3. The van der Waals surface area contributed by atoms with Gasteiger partial charge < -0.3 is 14.9 Å². The molecule has 3 aromatic rings. The maximum Gasteiger partial charge on any atom is 0.242 e. The van der Waals surface area contributed by atoms with Gasteiger partial charge in [-0.15, -0.1) is 0 Å². The summed E-state index contributed by atoms with van der Waals surface area (Å²) in [5, 5.41) is 10.0. The largest absolute Gasteiger partial charge is 0.394 e. The highest BCUT2D eigenvalue weighted by Gasteiger charge is 2.54. The second-order valence-corrected chi connectivity index (χ2v) is 8.85. The zero-order chi connectivity index (χ0) is 22.9. The number of rotatable bonds is 5. The van der Waals surface area contributed by atoms with Gasteiger partial charge in [0.15, 0.2) is 0 Å². The number of nitrogens with zero attached hydrogens (tertiary/aromatic N) is 3. The van der Waals surface area contributed by atoms with Gasteiger partial charge in [-0.1, -0.05) is 54.6 Å². The molecule has 0 bridgehead atoms. The molecule has 0 aliphatic carbocycles. The molecule has 0 spiro atoms. The van der Waals surface area contributed by atoms with Crippen LogP contribution in [0.25, 0.3) is 11.1 Å². The smallest absolute Gasteiger partial charge is 0.242 e. The third-order valence-corrected chi connectivity index (χ3v) is 6.92. The van der Waals surface area contributed by atoms with E-state index in [1.807, 2.05) is 30.3 Å². The Morgan fingerprint density at radius 3 is 2.52 bits per heavy atom. The van der Waals surface area contributed by atoms with E-state index in [1.165, 1.54) is 11.1 Å². The van der Waals surface area contributed by atoms with Crippen LogP contribution < -0.4 is 0 Å². The first-order valence-corrected chi connectivity index (χ1v) is 11.3. The first-order chi connectivity index (χ1) is 16.1. The molecule has 168 valence electrons. The van der Waals surface area contributed by atoms with Crippen LogP contribution in [0.5, 0.6) is 0 Å². The van der Waals surface area contributed by atoms with Crippen molar-refractivity contribution in [1.82, 2.24) is 14.8 Å². The van der Waals surface area contributed by atoms with Gasteiger partial charge in [0, 0.05) is 24.4 Å². The molecule has 1 N–H and O–H groups in total. The van der Waals surface area contributed by atoms with E-state index in [1.54, 1.807) is 16.0 Å². The summed E-state index contributed by atoms with van der Waals surface area (Å²) in [7, 11) is 0. The topological polar surface area (TPSA) is 73.7 Å². The number of carbonyl (C=O) groups excluding carboxylic acids is 2. The van der Waals surface area contributed by atoms with Crippen molar-refractivity contribution < 1.29 is 14.7 Å². The van der Waals surface area contributed by atoms with Crippen LogP contribution in [0.1, 0.15) is 22.7 Å². The zero-order valence-corrected chi connectivity index (χ0v) is 18.6. The summed E-state index contributed by atoms with van der Waals surface area (Å²) in [5.41, 5.74) is 5.33. The summed E-state index contributed by atoms with van der Waals surface area (Å²) in [6.07, 6.45) is 1.85. The zero-order valence-electron chi connectivity index (χ0n) is 18.6. The Labute approximate surface area is 193 Å². The standard InChI is InChI=1S/C27H27N3O3/c1-18-6-2-3-8-22(18)19-9-11-20(12-10-19)27-23-15-29(16-26(33)30(23)24(27)17-31)25(32)14-21-7-4-5-13-28-21/h2-13,23-24,27,31H,14-17H2,1H3/t23-,24+,27+/m0/s1. The maximum atomic E-state index is 12.9. The van der Waals surface area contributed by atoms with Crippen LogP contribution in [0, 0.1) is 6.92 Å². The van der Waals surface area contributed by atoms with Crippen molar-refractivity contribution in [2.24, 2.45) is 0 Å². The molecule has 3 atom stereocenters. The van der Waals surface area contributed by atoms with Crippen molar-refractivity contribution in [3.63, 3.8) is 0 Å². The summed E-state index contributed by atoms with van der Waals surface area (Å²) in [6, 6.07) is 21.8. The van der Waals surface area contributed by atoms with Crippen molar-refractivity contribution in [2.75, 3.05) is 19.7 Å². The van der Waals surface area contributed by atoms with E-state index in [0.717, 1.165) is 11.1 Å². The van der Waals surface area contributed by atoms with Crippen molar-refractivity contribution in [1.29, 1.82) is 0 Å². The molecule has 5 rings (SSSR count). The highest BCUT2D eigenvalue weighted by molar-refractivity contribution is 5.88. The van der Waals surface area contributed by atoms with E-state index in [-0.39, 0.29) is 49.4 Å². The average molecular weight is 442 g/mol. The van der Waals surface area contributed by atoms with Crippen LogP contribution >= 0.6 is 0 Å². The van der Waals surface area contributed by atoms with Crippen molar-refractivity contribution in [2.45, 2.75) is 31.3 Å². The molecule has 0 saturated carbocycles. The third-order valence-electron chi connectivity index (χ3n) is 6.92. The molecule has 2 fully saturated rings. The number of hydrogen-bond acceptors (Lipinski definition) is 4. The van der Waals surface area contributed by atoms with Crippen LogP contribution in [0.3, 0.4) is 0 Å². The number of aliphatic hydroxyl groups is 1. The molecule has 33 heavy (non-hydrogen) atoms. The van der Waals surface area contributed by atoms with Crippen LogP contribution in [-0.4, -0.2) is 63.5 Å². The number of piperazine rings is 1. The van der Waals surface area contributed by atoms with Gasteiger partial charge in [-0.25, -0.2) is 0 Å². The predicted octanol–water partition coefficient (Wildman–Crippen LogP) is 2.80. The van der Waals surface area contributed by atoms with Crippen molar-refractivity contribution in [3.05, 3.63) is 89.7 Å². The molecule has 2 amide bonds. The summed E-state index contributed by atoms with van der Waals surface area (Å²) < 4.78 is 0. The van der Waals surface area contributed by atoms with Crippen LogP contribution in [-0.2, 0) is 16.0 Å². The average Bonchev–Trinajstić information content (AvgIpc) is 2.82. The Hall–Kier alpha value is -3.51. The molecule has 0 radical (unpaired) electrons. The normalized spacial score (nSPS) is 22.0. The van der Waals surface area contributed by atoms with Gasteiger partial charge in [0.1, 0.15) is 0 Å². The minimum atomic E-state index is -0.250. The lowest BCUT2D eigenvalue weighted by molar-refractivity contribution is -0.166. The Morgan fingerprint density at radius 1 is 1.06 bits per heavy atom. The molecule has 2 aliphatic heterocycles. The molecule has 2 aliphatic rings. The van der Waals surface area contributed by atoms with E-state index in [4.69, 9.17) is 0 Å². The molecule has 6 nitrogen and oxygen atoms in total.